The summed E-state index contributed by atoms with van der Waals surface area (Å²) < 4.78 is 6.98. The SMILES string of the molecule is Cl.NC(=O)C1Cc2conc2-c2c3c(nn2C1)CCNC3. The number of hydrogen-bond acceptors (Lipinski definition) is 5. The van der Waals surface area contributed by atoms with Gasteiger partial charge < -0.3 is 15.6 Å². The fourth-order valence-corrected chi connectivity index (χ4v) is 3.08. The Morgan fingerprint density at radius 2 is 2.38 bits per heavy atom. The quantitative estimate of drug-likeness (QED) is 0.787. The Labute approximate surface area is 127 Å². The topological polar surface area (TPSA) is 99.0 Å². The number of primary amides is 1. The van der Waals surface area contributed by atoms with E-state index < -0.39 is 0 Å². The van der Waals surface area contributed by atoms with Gasteiger partial charge in [0.15, 0.2) is 0 Å². The van der Waals surface area contributed by atoms with E-state index in [0.717, 1.165) is 47.7 Å². The largest absolute Gasteiger partial charge is 0.369 e. The monoisotopic (exact) mass is 309 g/mol. The minimum atomic E-state index is -0.309. The van der Waals surface area contributed by atoms with E-state index in [4.69, 9.17) is 10.3 Å². The molecule has 4 rings (SSSR count). The maximum Gasteiger partial charge on any atom is 0.222 e. The summed E-state index contributed by atoms with van der Waals surface area (Å²) >= 11 is 0. The third kappa shape index (κ3) is 2.13. The van der Waals surface area contributed by atoms with Crippen molar-refractivity contribution in [3.05, 3.63) is 23.1 Å². The Bertz CT molecular complexity index is 693. The van der Waals surface area contributed by atoms with Gasteiger partial charge in [-0.1, -0.05) is 5.16 Å². The highest BCUT2D eigenvalue weighted by molar-refractivity contribution is 5.85. The van der Waals surface area contributed by atoms with Crippen LogP contribution in [-0.4, -0.2) is 27.4 Å². The molecule has 2 aromatic rings. The Hall–Kier alpha value is -1.86. The van der Waals surface area contributed by atoms with Gasteiger partial charge in [0.2, 0.25) is 5.91 Å². The van der Waals surface area contributed by atoms with E-state index in [9.17, 15) is 4.79 Å². The van der Waals surface area contributed by atoms with Gasteiger partial charge in [-0.05, 0) is 6.42 Å². The predicted octanol–water partition coefficient (Wildman–Crippen LogP) is 0.263. The maximum atomic E-state index is 11.6. The van der Waals surface area contributed by atoms with Crippen molar-refractivity contribution in [3.63, 3.8) is 0 Å². The minimum Gasteiger partial charge on any atom is -0.369 e. The zero-order valence-corrected chi connectivity index (χ0v) is 12.2. The van der Waals surface area contributed by atoms with E-state index in [1.165, 1.54) is 0 Å². The molecule has 7 nitrogen and oxygen atoms in total. The molecule has 4 heterocycles. The number of hydrogen-bond donors (Lipinski definition) is 2. The first-order valence-electron chi connectivity index (χ1n) is 6.76. The molecule has 0 fully saturated rings. The fraction of sp³-hybridized carbons (Fsp3) is 0.462. The number of nitrogens with zero attached hydrogens (tertiary/aromatic N) is 3. The van der Waals surface area contributed by atoms with Crippen molar-refractivity contribution in [1.29, 1.82) is 0 Å². The molecule has 0 saturated heterocycles. The second-order valence-electron chi connectivity index (χ2n) is 5.37. The van der Waals surface area contributed by atoms with E-state index in [0.29, 0.717) is 13.0 Å². The maximum absolute atomic E-state index is 11.6. The molecule has 2 aliphatic rings. The molecule has 1 amide bonds. The molecule has 112 valence electrons. The lowest BCUT2D eigenvalue weighted by Crippen LogP contribution is -2.28. The molecule has 8 heteroatoms. The number of fused-ring (bicyclic) bond motifs is 5. The van der Waals surface area contributed by atoms with Gasteiger partial charge in [0.25, 0.3) is 0 Å². The molecule has 0 spiro atoms. The lowest BCUT2D eigenvalue weighted by Gasteiger charge is -2.12. The molecule has 1 unspecified atom stereocenters. The van der Waals surface area contributed by atoms with E-state index >= 15 is 0 Å². The summed E-state index contributed by atoms with van der Waals surface area (Å²) in [5, 5.41) is 12.1. The average molecular weight is 310 g/mol. The second-order valence-corrected chi connectivity index (χ2v) is 5.37. The van der Waals surface area contributed by atoms with Crippen LogP contribution in [0.15, 0.2) is 10.8 Å². The van der Waals surface area contributed by atoms with Gasteiger partial charge in [-0.3, -0.25) is 9.48 Å². The van der Waals surface area contributed by atoms with Gasteiger partial charge in [0.05, 0.1) is 23.9 Å². The van der Waals surface area contributed by atoms with Gasteiger partial charge in [-0.25, -0.2) is 0 Å². The van der Waals surface area contributed by atoms with Crippen LogP contribution in [-0.2, 0) is 30.7 Å². The van der Waals surface area contributed by atoms with Crippen molar-refractivity contribution < 1.29 is 9.32 Å². The first-order chi connectivity index (χ1) is 9.74. The molecule has 0 radical (unpaired) electrons. The number of halogens is 1. The molecule has 2 aliphatic heterocycles. The van der Waals surface area contributed by atoms with E-state index in [-0.39, 0.29) is 24.2 Å². The highest BCUT2D eigenvalue weighted by Crippen LogP contribution is 2.34. The number of carbonyl (C=O) groups is 1. The number of aromatic nitrogens is 3. The van der Waals surface area contributed by atoms with Gasteiger partial charge >= 0.3 is 0 Å². The molecule has 0 saturated carbocycles. The second kappa shape index (κ2) is 5.16. The molecule has 0 bridgehead atoms. The van der Waals surface area contributed by atoms with Crippen molar-refractivity contribution in [2.75, 3.05) is 6.54 Å². The molecule has 3 N–H and O–H groups in total. The smallest absolute Gasteiger partial charge is 0.222 e. The van der Waals surface area contributed by atoms with Gasteiger partial charge in [-0.2, -0.15) is 5.10 Å². The summed E-state index contributed by atoms with van der Waals surface area (Å²) in [6.07, 6.45) is 3.06. The summed E-state index contributed by atoms with van der Waals surface area (Å²) in [5.74, 6) is -0.583. The molecular weight excluding hydrogens is 294 g/mol. The van der Waals surface area contributed by atoms with E-state index in [2.05, 4.69) is 15.6 Å². The fourth-order valence-electron chi connectivity index (χ4n) is 3.08. The third-order valence-corrected chi connectivity index (χ3v) is 4.10. The van der Waals surface area contributed by atoms with Crippen LogP contribution in [0.5, 0.6) is 0 Å². The van der Waals surface area contributed by atoms with Crippen LogP contribution in [0.3, 0.4) is 0 Å². The molecule has 21 heavy (non-hydrogen) atoms. The van der Waals surface area contributed by atoms with Crippen LogP contribution in [0.2, 0.25) is 0 Å². The summed E-state index contributed by atoms with van der Waals surface area (Å²) in [7, 11) is 0. The van der Waals surface area contributed by atoms with Crippen LogP contribution in [0.1, 0.15) is 16.8 Å². The standard InChI is InChI=1S/C13H15N5O2.ClH/c14-13(19)7-3-8-6-20-17-11(8)12-9-4-15-2-1-10(9)16-18(12)5-7;/h6-7,15H,1-5H2,(H2,14,19);1H. The van der Waals surface area contributed by atoms with Crippen molar-refractivity contribution in [2.45, 2.75) is 25.9 Å². The van der Waals surface area contributed by atoms with Crippen molar-refractivity contribution in [2.24, 2.45) is 11.7 Å². The van der Waals surface area contributed by atoms with Crippen molar-refractivity contribution >= 4 is 18.3 Å². The van der Waals surface area contributed by atoms with Crippen LogP contribution < -0.4 is 11.1 Å². The van der Waals surface area contributed by atoms with E-state index in [1.54, 1.807) is 6.26 Å². The molecule has 1 atom stereocenters. The molecule has 0 aromatic carbocycles. The average Bonchev–Trinajstić information content (AvgIpc) is 2.98. The van der Waals surface area contributed by atoms with Crippen LogP contribution in [0, 0.1) is 5.92 Å². The summed E-state index contributed by atoms with van der Waals surface area (Å²) in [6.45, 7) is 2.21. The number of rotatable bonds is 1. The highest BCUT2D eigenvalue weighted by Gasteiger charge is 2.32. The molecule has 2 aromatic heterocycles. The summed E-state index contributed by atoms with van der Waals surface area (Å²) in [4.78, 5) is 11.6. The number of nitrogens with two attached hydrogens (primary N) is 1. The lowest BCUT2D eigenvalue weighted by atomic mass is 9.99. The summed E-state index contributed by atoms with van der Waals surface area (Å²) in [5.41, 5.74) is 10.4. The van der Waals surface area contributed by atoms with Gasteiger partial charge in [-0.15, -0.1) is 12.4 Å². The Kier molecular flexibility index (Phi) is 3.46. The lowest BCUT2D eigenvalue weighted by molar-refractivity contribution is -0.122. The Morgan fingerprint density at radius 3 is 3.19 bits per heavy atom. The highest BCUT2D eigenvalue weighted by atomic mass is 35.5. The van der Waals surface area contributed by atoms with E-state index in [1.807, 2.05) is 4.68 Å². The number of amides is 1. The number of nitrogens with one attached hydrogen (secondary N) is 1. The molecular formula is C13H16ClN5O2. The van der Waals surface area contributed by atoms with Crippen LogP contribution in [0.4, 0.5) is 0 Å². The van der Waals surface area contributed by atoms with Crippen LogP contribution >= 0.6 is 12.4 Å². The van der Waals surface area contributed by atoms with Crippen molar-refractivity contribution in [1.82, 2.24) is 20.3 Å². The van der Waals surface area contributed by atoms with Gasteiger partial charge in [0, 0.05) is 30.6 Å². The van der Waals surface area contributed by atoms with Gasteiger partial charge in [0.1, 0.15) is 12.0 Å². The van der Waals surface area contributed by atoms with Crippen LogP contribution in [0.25, 0.3) is 11.4 Å². The normalized spacial score (nSPS) is 19.7. The zero-order valence-electron chi connectivity index (χ0n) is 11.3. The Balaban J connectivity index is 0.00000132. The third-order valence-electron chi connectivity index (χ3n) is 4.10. The molecule has 0 aliphatic carbocycles. The first kappa shape index (κ1) is 14.1. The predicted molar refractivity (Wildman–Crippen MR) is 76.8 cm³/mol. The Morgan fingerprint density at radius 1 is 1.52 bits per heavy atom. The summed E-state index contributed by atoms with van der Waals surface area (Å²) in [6, 6.07) is 0. The zero-order chi connectivity index (χ0) is 13.7. The minimum absolute atomic E-state index is 0. The number of carbonyl (C=O) groups excluding carboxylic acids is 1. The van der Waals surface area contributed by atoms with Crippen molar-refractivity contribution in [3.8, 4) is 11.4 Å². The first-order valence-corrected chi connectivity index (χ1v) is 6.76.